The summed E-state index contributed by atoms with van der Waals surface area (Å²) in [6, 6.07) is 7.70. The summed E-state index contributed by atoms with van der Waals surface area (Å²) in [5.74, 6) is 2.28. The highest BCUT2D eigenvalue weighted by Gasteiger charge is 2.20. The Bertz CT molecular complexity index is 859. The zero-order chi connectivity index (χ0) is 17.1. The number of benzene rings is 1. The summed E-state index contributed by atoms with van der Waals surface area (Å²) in [5, 5.41) is 8.55. The second-order valence-electron chi connectivity index (χ2n) is 5.63. The van der Waals surface area contributed by atoms with Crippen LogP contribution in [0.1, 0.15) is 5.69 Å². The molecule has 0 saturated carbocycles. The third-order valence-corrected chi connectivity index (χ3v) is 4.64. The van der Waals surface area contributed by atoms with Crippen molar-refractivity contribution < 1.29 is 9.47 Å². The second kappa shape index (κ2) is 7.02. The van der Waals surface area contributed by atoms with Gasteiger partial charge in [-0.05, 0) is 12.1 Å². The third kappa shape index (κ3) is 3.53. The molecule has 4 rings (SSSR count). The summed E-state index contributed by atoms with van der Waals surface area (Å²) < 4.78 is 13.7. The Balaban J connectivity index is 1.28. The van der Waals surface area contributed by atoms with Crippen LogP contribution < -0.4 is 20.1 Å². The number of hydrogen-bond acceptors (Lipinski definition) is 5. The topological polar surface area (TPSA) is 72.2 Å². The van der Waals surface area contributed by atoms with Crippen LogP contribution >= 0.6 is 11.3 Å². The fraction of sp³-hybridized carbons (Fsp3) is 0.294. The molecule has 0 amide bonds. The number of fused-ring (bicyclic) bond motifs is 2. The zero-order valence-corrected chi connectivity index (χ0v) is 14.6. The van der Waals surface area contributed by atoms with Gasteiger partial charge in [-0.25, -0.2) is 4.98 Å². The molecular weight excluding hydrogens is 338 g/mol. The van der Waals surface area contributed by atoms with Crippen molar-refractivity contribution in [1.29, 1.82) is 0 Å². The van der Waals surface area contributed by atoms with Crippen molar-refractivity contribution in [3.63, 3.8) is 0 Å². The van der Waals surface area contributed by atoms with Gasteiger partial charge in [0.25, 0.3) is 0 Å². The molecule has 2 aromatic heterocycles. The molecule has 0 bridgehead atoms. The van der Waals surface area contributed by atoms with Crippen LogP contribution in [-0.2, 0) is 6.54 Å². The van der Waals surface area contributed by atoms with Gasteiger partial charge in [0, 0.05) is 24.8 Å². The van der Waals surface area contributed by atoms with Gasteiger partial charge in [0.2, 0.25) is 0 Å². The van der Waals surface area contributed by atoms with Crippen molar-refractivity contribution in [3.8, 4) is 11.5 Å². The van der Waals surface area contributed by atoms with Gasteiger partial charge >= 0.3 is 0 Å². The minimum absolute atomic E-state index is 0.0635. The van der Waals surface area contributed by atoms with Crippen LogP contribution in [0.5, 0.6) is 11.5 Å². The van der Waals surface area contributed by atoms with Crippen LogP contribution in [0.3, 0.4) is 0 Å². The first-order valence-corrected chi connectivity index (χ1v) is 8.94. The highest BCUT2D eigenvalue weighted by atomic mass is 32.1. The Morgan fingerprint density at radius 1 is 1.36 bits per heavy atom. The molecule has 0 saturated heterocycles. The van der Waals surface area contributed by atoms with Crippen LogP contribution in [0, 0.1) is 0 Å². The van der Waals surface area contributed by atoms with Crippen molar-refractivity contribution in [2.24, 2.45) is 4.99 Å². The summed E-state index contributed by atoms with van der Waals surface area (Å²) in [6.45, 7) is 1.73. The normalized spacial score (nSPS) is 16.8. The van der Waals surface area contributed by atoms with Crippen LogP contribution in [0.4, 0.5) is 0 Å². The van der Waals surface area contributed by atoms with Crippen molar-refractivity contribution in [3.05, 3.63) is 47.7 Å². The van der Waals surface area contributed by atoms with Crippen molar-refractivity contribution in [1.82, 2.24) is 20.0 Å². The first kappa shape index (κ1) is 15.8. The molecule has 0 aliphatic carbocycles. The van der Waals surface area contributed by atoms with E-state index in [1.165, 1.54) is 0 Å². The Morgan fingerprint density at radius 2 is 2.24 bits per heavy atom. The van der Waals surface area contributed by atoms with Gasteiger partial charge in [-0.2, -0.15) is 0 Å². The van der Waals surface area contributed by atoms with Crippen LogP contribution in [0.25, 0.3) is 4.96 Å². The van der Waals surface area contributed by atoms with Crippen LogP contribution in [-0.4, -0.2) is 41.6 Å². The molecule has 1 atom stereocenters. The van der Waals surface area contributed by atoms with E-state index in [0.29, 0.717) is 25.7 Å². The maximum atomic E-state index is 5.93. The number of guanidine groups is 1. The van der Waals surface area contributed by atoms with Gasteiger partial charge in [0.15, 0.2) is 22.4 Å². The molecule has 0 spiro atoms. The van der Waals surface area contributed by atoms with Gasteiger partial charge in [-0.1, -0.05) is 12.1 Å². The number of imidazole rings is 1. The van der Waals surface area contributed by atoms with E-state index in [0.717, 1.165) is 22.2 Å². The molecular formula is C17H19N5O2S. The molecule has 130 valence electrons. The molecule has 3 heterocycles. The molecule has 1 aliphatic heterocycles. The molecule has 0 radical (unpaired) electrons. The number of aliphatic imine (C=N–C) groups is 1. The fourth-order valence-corrected chi connectivity index (χ4v) is 3.35. The number of nitrogens with one attached hydrogen (secondary N) is 2. The number of para-hydroxylation sites is 2. The Hall–Kier alpha value is -2.74. The third-order valence-electron chi connectivity index (χ3n) is 3.87. The lowest BCUT2D eigenvalue weighted by molar-refractivity contribution is 0.0936. The van der Waals surface area contributed by atoms with Gasteiger partial charge in [0.05, 0.1) is 18.8 Å². The van der Waals surface area contributed by atoms with Crippen LogP contribution in [0.15, 0.2) is 47.0 Å². The second-order valence-corrected chi connectivity index (χ2v) is 6.50. The predicted octanol–water partition coefficient (Wildman–Crippen LogP) is 1.90. The lowest BCUT2D eigenvalue weighted by Crippen LogP contribution is -2.45. The number of ether oxygens (including phenoxy) is 2. The molecule has 1 aliphatic rings. The van der Waals surface area contributed by atoms with E-state index in [-0.39, 0.29) is 6.10 Å². The van der Waals surface area contributed by atoms with E-state index in [9.17, 15) is 0 Å². The quantitative estimate of drug-likeness (QED) is 0.551. The average Bonchev–Trinajstić information content (AvgIpc) is 3.23. The maximum absolute atomic E-state index is 5.93. The fourth-order valence-electron chi connectivity index (χ4n) is 2.63. The molecule has 7 nitrogen and oxygen atoms in total. The first-order valence-electron chi connectivity index (χ1n) is 8.06. The lowest BCUT2D eigenvalue weighted by atomic mass is 10.2. The van der Waals surface area contributed by atoms with E-state index in [4.69, 9.17) is 9.47 Å². The molecule has 1 unspecified atom stereocenters. The van der Waals surface area contributed by atoms with E-state index in [1.807, 2.05) is 46.4 Å². The summed E-state index contributed by atoms with van der Waals surface area (Å²) in [7, 11) is 1.74. The minimum Gasteiger partial charge on any atom is -0.486 e. The number of nitrogens with zero attached hydrogens (tertiary/aromatic N) is 3. The van der Waals surface area contributed by atoms with Crippen LogP contribution in [0.2, 0.25) is 0 Å². The highest BCUT2D eigenvalue weighted by molar-refractivity contribution is 7.15. The molecule has 25 heavy (non-hydrogen) atoms. The largest absolute Gasteiger partial charge is 0.486 e. The smallest absolute Gasteiger partial charge is 0.193 e. The number of thiazole rings is 1. The van der Waals surface area contributed by atoms with E-state index in [1.54, 1.807) is 18.4 Å². The van der Waals surface area contributed by atoms with E-state index < -0.39 is 0 Å². The van der Waals surface area contributed by atoms with Gasteiger partial charge in [-0.15, -0.1) is 11.3 Å². The minimum atomic E-state index is -0.0635. The summed E-state index contributed by atoms with van der Waals surface area (Å²) >= 11 is 1.62. The number of rotatable bonds is 4. The number of hydrogen-bond donors (Lipinski definition) is 2. The Labute approximate surface area is 149 Å². The van der Waals surface area contributed by atoms with Gasteiger partial charge in [0.1, 0.15) is 12.7 Å². The monoisotopic (exact) mass is 357 g/mol. The zero-order valence-electron chi connectivity index (χ0n) is 13.8. The van der Waals surface area contributed by atoms with Crippen molar-refractivity contribution in [2.45, 2.75) is 12.6 Å². The lowest BCUT2D eigenvalue weighted by Gasteiger charge is -2.27. The summed E-state index contributed by atoms with van der Waals surface area (Å²) in [4.78, 5) is 9.78. The maximum Gasteiger partial charge on any atom is 0.193 e. The SMILES string of the molecule is CN=C(NCc1cn2ccsc2n1)NCC1COc2ccccc2O1. The van der Waals surface area contributed by atoms with Gasteiger partial charge < -0.3 is 20.1 Å². The first-order chi connectivity index (χ1) is 12.3. The van der Waals surface area contributed by atoms with Crippen molar-refractivity contribution in [2.75, 3.05) is 20.2 Å². The average molecular weight is 357 g/mol. The molecule has 1 aromatic carbocycles. The Morgan fingerprint density at radius 3 is 3.08 bits per heavy atom. The predicted molar refractivity (Wildman–Crippen MR) is 97.6 cm³/mol. The summed E-state index contributed by atoms with van der Waals surface area (Å²) in [5.41, 5.74) is 0.973. The summed E-state index contributed by atoms with van der Waals surface area (Å²) in [6.07, 6.45) is 3.95. The van der Waals surface area contributed by atoms with Gasteiger partial charge in [-0.3, -0.25) is 9.39 Å². The van der Waals surface area contributed by atoms with E-state index >= 15 is 0 Å². The molecule has 2 N–H and O–H groups in total. The molecule has 3 aromatic rings. The number of aromatic nitrogens is 2. The molecule has 8 heteroatoms. The standard InChI is InChI=1S/C17H19N5O2S/c1-18-16(19-8-12-10-22-6-7-25-17(22)21-12)20-9-13-11-23-14-4-2-3-5-15(14)24-13/h2-7,10,13H,8-9,11H2,1H3,(H2,18,19,20). The molecule has 0 fully saturated rings. The van der Waals surface area contributed by atoms with Crippen molar-refractivity contribution >= 4 is 22.3 Å². The van der Waals surface area contributed by atoms with E-state index in [2.05, 4.69) is 20.6 Å². The Kier molecular flexibility index (Phi) is 4.43. The highest BCUT2D eigenvalue weighted by Crippen LogP contribution is 2.30.